The highest BCUT2D eigenvalue weighted by Crippen LogP contribution is 2.24. The van der Waals surface area contributed by atoms with Gasteiger partial charge in [0.15, 0.2) is 0 Å². The molecule has 0 amide bonds. The highest BCUT2D eigenvalue weighted by Gasteiger charge is 2.32. The molecule has 1 N–H and O–H groups in total. The number of carboxylic acid groups (broad SMARTS) is 1. The van der Waals surface area contributed by atoms with E-state index in [0.29, 0.717) is 18.8 Å². The van der Waals surface area contributed by atoms with E-state index in [4.69, 9.17) is 10.4 Å². The lowest BCUT2D eigenvalue weighted by Crippen LogP contribution is -2.50. The molecule has 2 heterocycles. The van der Waals surface area contributed by atoms with Gasteiger partial charge in [0, 0.05) is 25.0 Å². The van der Waals surface area contributed by atoms with Crippen LogP contribution in [0.1, 0.15) is 5.69 Å². The summed E-state index contributed by atoms with van der Waals surface area (Å²) < 4.78 is 0. The number of rotatable bonds is 2. The van der Waals surface area contributed by atoms with Gasteiger partial charge in [-0.05, 0) is 12.1 Å². The molecule has 15 heavy (non-hydrogen) atoms. The Bertz CT molecular complexity index is 433. The van der Waals surface area contributed by atoms with Gasteiger partial charge in [-0.2, -0.15) is 5.26 Å². The molecule has 1 fully saturated rings. The summed E-state index contributed by atoms with van der Waals surface area (Å²) in [5.74, 6) is -1.05. The van der Waals surface area contributed by atoms with Crippen LogP contribution in [0.2, 0.25) is 0 Å². The first-order chi connectivity index (χ1) is 7.20. The quantitative estimate of drug-likeness (QED) is 0.756. The first kappa shape index (κ1) is 9.46. The maximum atomic E-state index is 10.6. The zero-order valence-corrected chi connectivity index (χ0v) is 7.92. The molecule has 0 unspecified atom stereocenters. The van der Waals surface area contributed by atoms with E-state index in [0.717, 1.165) is 5.69 Å². The Labute approximate surface area is 86.6 Å². The molecule has 0 aromatic carbocycles. The van der Waals surface area contributed by atoms with Gasteiger partial charge in [-0.15, -0.1) is 0 Å². The third-order valence-corrected chi connectivity index (χ3v) is 2.45. The first-order valence-corrected chi connectivity index (χ1v) is 4.54. The standard InChI is InChI=1S/C10H9N3O2/c11-4-8-3-9(1-2-12-8)13-5-7(6-13)10(14)15/h1-3,7H,5-6H2,(H,14,15). The second-order valence-corrected chi connectivity index (χ2v) is 3.45. The Morgan fingerprint density at radius 2 is 2.40 bits per heavy atom. The highest BCUT2D eigenvalue weighted by atomic mass is 16.4. The van der Waals surface area contributed by atoms with E-state index in [-0.39, 0.29) is 5.92 Å². The van der Waals surface area contributed by atoms with E-state index >= 15 is 0 Å². The summed E-state index contributed by atoms with van der Waals surface area (Å²) in [4.78, 5) is 16.4. The zero-order chi connectivity index (χ0) is 10.8. The Kier molecular flexibility index (Phi) is 2.26. The number of anilines is 1. The minimum absolute atomic E-state index is 0.288. The third-order valence-electron chi connectivity index (χ3n) is 2.45. The molecule has 0 radical (unpaired) electrons. The minimum Gasteiger partial charge on any atom is -0.481 e. The molecule has 0 aliphatic carbocycles. The predicted octanol–water partition coefficient (Wildman–Crippen LogP) is 0.474. The molecule has 1 aromatic rings. The Morgan fingerprint density at radius 3 is 3.00 bits per heavy atom. The van der Waals surface area contributed by atoms with E-state index in [1.807, 2.05) is 11.0 Å². The summed E-state index contributed by atoms with van der Waals surface area (Å²) in [5, 5.41) is 17.4. The van der Waals surface area contributed by atoms with Gasteiger partial charge < -0.3 is 10.0 Å². The molecular formula is C10H9N3O2. The van der Waals surface area contributed by atoms with Crippen LogP contribution >= 0.6 is 0 Å². The van der Waals surface area contributed by atoms with Crippen LogP contribution in [0.15, 0.2) is 18.3 Å². The van der Waals surface area contributed by atoms with E-state index in [2.05, 4.69) is 4.98 Å². The first-order valence-electron chi connectivity index (χ1n) is 4.54. The van der Waals surface area contributed by atoms with Crippen molar-refractivity contribution in [2.24, 2.45) is 5.92 Å². The number of aliphatic carboxylic acids is 1. The second kappa shape index (κ2) is 3.58. The lowest BCUT2D eigenvalue weighted by atomic mass is 10.00. The number of aromatic nitrogens is 1. The topological polar surface area (TPSA) is 77.2 Å². The predicted molar refractivity (Wildman–Crippen MR) is 52.3 cm³/mol. The molecule has 0 saturated carbocycles. The van der Waals surface area contributed by atoms with Crippen LogP contribution < -0.4 is 4.90 Å². The van der Waals surface area contributed by atoms with Crippen molar-refractivity contribution >= 4 is 11.7 Å². The molecule has 5 nitrogen and oxygen atoms in total. The summed E-state index contributed by atoms with van der Waals surface area (Å²) in [6.07, 6.45) is 1.56. The van der Waals surface area contributed by atoms with E-state index < -0.39 is 5.97 Å². The molecule has 1 aromatic heterocycles. The molecule has 1 aliphatic heterocycles. The lowest BCUT2D eigenvalue weighted by Gasteiger charge is -2.38. The van der Waals surface area contributed by atoms with Crippen molar-refractivity contribution < 1.29 is 9.90 Å². The SMILES string of the molecule is N#Cc1cc(N2CC(C(=O)O)C2)ccn1. The van der Waals surface area contributed by atoms with Crippen molar-refractivity contribution in [3.63, 3.8) is 0 Å². The van der Waals surface area contributed by atoms with E-state index in [9.17, 15) is 4.79 Å². The van der Waals surface area contributed by atoms with Gasteiger partial charge in [-0.3, -0.25) is 4.79 Å². The molecule has 1 aliphatic rings. The fourth-order valence-electron chi connectivity index (χ4n) is 1.52. The Morgan fingerprint density at radius 1 is 1.67 bits per heavy atom. The highest BCUT2D eigenvalue weighted by molar-refractivity contribution is 5.74. The van der Waals surface area contributed by atoms with Crippen LogP contribution in [0.3, 0.4) is 0 Å². The van der Waals surface area contributed by atoms with Gasteiger partial charge in [0.05, 0.1) is 5.92 Å². The molecule has 0 spiro atoms. The summed E-state index contributed by atoms with van der Waals surface area (Å²) >= 11 is 0. The molecule has 2 rings (SSSR count). The van der Waals surface area contributed by atoms with E-state index in [1.54, 1.807) is 18.3 Å². The van der Waals surface area contributed by atoms with Crippen molar-refractivity contribution in [1.29, 1.82) is 5.26 Å². The number of hydrogen-bond donors (Lipinski definition) is 1. The number of nitriles is 1. The van der Waals surface area contributed by atoms with Gasteiger partial charge in [0.1, 0.15) is 11.8 Å². The number of carboxylic acids is 1. The maximum absolute atomic E-state index is 10.6. The maximum Gasteiger partial charge on any atom is 0.310 e. The molecular weight excluding hydrogens is 194 g/mol. The van der Waals surface area contributed by atoms with Crippen LogP contribution in [0.25, 0.3) is 0 Å². The molecule has 0 atom stereocenters. The average Bonchev–Trinajstić information content (AvgIpc) is 2.15. The van der Waals surface area contributed by atoms with Gasteiger partial charge >= 0.3 is 5.97 Å². The van der Waals surface area contributed by atoms with Crippen molar-refractivity contribution in [2.75, 3.05) is 18.0 Å². The van der Waals surface area contributed by atoms with E-state index in [1.165, 1.54) is 0 Å². The van der Waals surface area contributed by atoms with Crippen LogP contribution in [0.4, 0.5) is 5.69 Å². The molecule has 0 bridgehead atoms. The van der Waals surface area contributed by atoms with Crippen LogP contribution in [0, 0.1) is 17.2 Å². The smallest absolute Gasteiger partial charge is 0.310 e. The lowest BCUT2D eigenvalue weighted by molar-refractivity contribution is -0.142. The minimum atomic E-state index is -0.763. The summed E-state index contributed by atoms with van der Waals surface area (Å²) in [6, 6.07) is 5.39. The average molecular weight is 203 g/mol. The van der Waals surface area contributed by atoms with Crippen molar-refractivity contribution in [3.05, 3.63) is 24.0 Å². The van der Waals surface area contributed by atoms with Gasteiger partial charge in [-0.25, -0.2) is 4.98 Å². The molecule has 5 heteroatoms. The summed E-state index contributed by atoms with van der Waals surface area (Å²) in [5.41, 5.74) is 1.21. The van der Waals surface area contributed by atoms with Crippen LogP contribution in [-0.4, -0.2) is 29.1 Å². The van der Waals surface area contributed by atoms with Gasteiger partial charge in [0.25, 0.3) is 0 Å². The second-order valence-electron chi connectivity index (χ2n) is 3.45. The molecule has 76 valence electrons. The number of nitrogens with zero attached hydrogens (tertiary/aromatic N) is 3. The normalized spacial score (nSPS) is 15.5. The van der Waals surface area contributed by atoms with Crippen molar-refractivity contribution in [1.82, 2.24) is 4.98 Å². The Balaban J connectivity index is 2.07. The summed E-state index contributed by atoms with van der Waals surface area (Å²) in [6.45, 7) is 1.01. The van der Waals surface area contributed by atoms with Gasteiger partial charge in [0.2, 0.25) is 0 Å². The fourth-order valence-corrected chi connectivity index (χ4v) is 1.52. The fraction of sp³-hybridized carbons (Fsp3) is 0.300. The molecule has 1 saturated heterocycles. The zero-order valence-electron chi connectivity index (χ0n) is 7.92. The Hall–Kier alpha value is -2.09. The van der Waals surface area contributed by atoms with Crippen molar-refractivity contribution in [3.8, 4) is 6.07 Å². The summed E-state index contributed by atoms with van der Waals surface area (Å²) in [7, 11) is 0. The monoisotopic (exact) mass is 203 g/mol. The van der Waals surface area contributed by atoms with Crippen molar-refractivity contribution in [2.45, 2.75) is 0 Å². The van der Waals surface area contributed by atoms with Crippen LogP contribution in [-0.2, 0) is 4.79 Å². The number of pyridine rings is 1. The largest absolute Gasteiger partial charge is 0.481 e. The third kappa shape index (κ3) is 1.74. The number of carbonyl (C=O) groups is 1. The van der Waals surface area contributed by atoms with Crippen LogP contribution in [0.5, 0.6) is 0 Å². The number of hydrogen-bond acceptors (Lipinski definition) is 4. The van der Waals surface area contributed by atoms with Gasteiger partial charge in [-0.1, -0.05) is 0 Å².